The van der Waals surface area contributed by atoms with Crippen molar-refractivity contribution >= 4 is 23.7 Å². The van der Waals surface area contributed by atoms with Gasteiger partial charge in [0.05, 0.1) is 12.1 Å². The van der Waals surface area contributed by atoms with E-state index in [2.05, 4.69) is 42.8 Å². The third-order valence-electron chi connectivity index (χ3n) is 10.5. The number of rotatable bonds is 16. The van der Waals surface area contributed by atoms with Crippen molar-refractivity contribution in [1.29, 1.82) is 0 Å². The first-order valence-electron chi connectivity index (χ1n) is 19.0. The highest BCUT2D eigenvalue weighted by Crippen LogP contribution is 2.27. The maximum absolute atomic E-state index is 14.1. The summed E-state index contributed by atoms with van der Waals surface area (Å²) in [7, 11) is 1.75. The maximum atomic E-state index is 14.1. The summed E-state index contributed by atoms with van der Waals surface area (Å²) in [6.07, 6.45) is 5.51. The highest BCUT2D eigenvalue weighted by Gasteiger charge is 2.39. The van der Waals surface area contributed by atoms with Crippen LogP contribution in [0, 0.1) is 11.8 Å². The van der Waals surface area contributed by atoms with E-state index in [1.54, 1.807) is 23.8 Å². The minimum atomic E-state index is -0.694. The van der Waals surface area contributed by atoms with Crippen LogP contribution in [0.1, 0.15) is 106 Å². The van der Waals surface area contributed by atoms with Crippen molar-refractivity contribution in [3.63, 3.8) is 0 Å². The van der Waals surface area contributed by atoms with Crippen LogP contribution in [0.25, 0.3) is 0 Å². The van der Waals surface area contributed by atoms with Crippen LogP contribution in [0.5, 0.6) is 0 Å². The van der Waals surface area contributed by atoms with Gasteiger partial charge in [0.1, 0.15) is 18.2 Å². The predicted molar refractivity (Wildman–Crippen MR) is 199 cm³/mol. The molecule has 2 aliphatic rings. The van der Waals surface area contributed by atoms with Crippen molar-refractivity contribution in [2.45, 2.75) is 131 Å². The molecular weight excluding hydrogens is 630 g/mol. The second-order valence-electron chi connectivity index (χ2n) is 15.1. The zero-order valence-electron chi connectivity index (χ0n) is 32.5. The molecule has 2 saturated heterocycles. The number of amides is 3. The Kier molecular flexibility index (Phi) is 16.0. The number of ether oxygens (including phenoxy) is 1. The van der Waals surface area contributed by atoms with Crippen molar-refractivity contribution in [2.75, 3.05) is 39.8 Å². The molecule has 1 aromatic rings. The van der Waals surface area contributed by atoms with Gasteiger partial charge in [0.2, 0.25) is 17.7 Å². The molecule has 0 aliphatic carbocycles. The van der Waals surface area contributed by atoms with E-state index < -0.39 is 24.2 Å². The minimum Gasteiger partial charge on any atom is -0.455 e. The van der Waals surface area contributed by atoms with Crippen molar-refractivity contribution in [3.05, 3.63) is 47.5 Å². The SMILES string of the molecule is CCN(CC)CC(OC(=O)[C@@H]1CCCN1C(=O)/C(C)=C/[C@H](C(C)C)N(C)C(=O)C(NC(=O)C1CCCCN1C(C)C)C(C)C)c1ccccc1. The lowest BCUT2D eigenvalue weighted by Crippen LogP contribution is -2.58. The molecule has 2 heterocycles. The van der Waals surface area contributed by atoms with E-state index >= 15 is 0 Å². The van der Waals surface area contributed by atoms with Crippen LogP contribution in [0.15, 0.2) is 42.0 Å². The van der Waals surface area contributed by atoms with E-state index in [4.69, 9.17) is 4.74 Å². The molecule has 1 N–H and O–H groups in total. The lowest BCUT2D eigenvalue weighted by molar-refractivity contribution is -0.158. The van der Waals surface area contributed by atoms with Crippen LogP contribution in [0.2, 0.25) is 0 Å². The van der Waals surface area contributed by atoms with Gasteiger partial charge in [0.25, 0.3) is 0 Å². The van der Waals surface area contributed by atoms with Gasteiger partial charge in [-0.1, -0.05) is 84.4 Å². The van der Waals surface area contributed by atoms with E-state index in [-0.39, 0.29) is 47.6 Å². The van der Waals surface area contributed by atoms with Crippen LogP contribution in [-0.4, -0.2) is 113 Å². The predicted octanol–water partition coefficient (Wildman–Crippen LogP) is 5.44. The Balaban J connectivity index is 1.76. The number of nitrogens with zero attached hydrogens (tertiary/aromatic N) is 4. The molecule has 0 radical (unpaired) electrons. The quantitative estimate of drug-likeness (QED) is 0.182. The molecule has 280 valence electrons. The smallest absolute Gasteiger partial charge is 0.329 e. The van der Waals surface area contributed by atoms with Gasteiger partial charge in [-0.05, 0) is 83.5 Å². The van der Waals surface area contributed by atoms with E-state index in [1.807, 2.05) is 64.1 Å². The topological polar surface area (TPSA) is 102 Å². The molecule has 2 aliphatic heterocycles. The Morgan fingerprint density at radius 3 is 2.12 bits per heavy atom. The Bertz CT molecular complexity index is 1290. The molecule has 10 nitrogen and oxygen atoms in total. The summed E-state index contributed by atoms with van der Waals surface area (Å²) < 4.78 is 6.16. The first-order valence-corrected chi connectivity index (χ1v) is 19.0. The fourth-order valence-corrected chi connectivity index (χ4v) is 7.36. The molecular formula is C40H65N5O5. The third-order valence-corrected chi connectivity index (χ3v) is 10.5. The average molecular weight is 696 g/mol. The van der Waals surface area contributed by atoms with E-state index in [9.17, 15) is 19.2 Å². The summed E-state index contributed by atoms with van der Waals surface area (Å²) in [6, 6.07) is 8.02. The van der Waals surface area contributed by atoms with Gasteiger partial charge in [-0.15, -0.1) is 0 Å². The van der Waals surface area contributed by atoms with E-state index in [0.29, 0.717) is 31.5 Å². The number of hydrogen-bond donors (Lipinski definition) is 1. The number of benzene rings is 1. The van der Waals surface area contributed by atoms with Crippen LogP contribution in [0.3, 0.4) is 0 Å². The van der Waals surface area contributed by atoms with Crippen molar-refractivity contribution in [2.24, 2.45) is 11.8 Å². The summed E-state index contributed by atoms with van der Waals surface area (Å²) >= 11 is 0. The Labute approximate surface area is 301 Å². The highest BCUT2D eigenvalue weighted by atomic mass is 16.5. The largest absolute Gasteiger partial charge is 0.455 e. The molecule has 1 aromatic carbocycles. The summed E-state index contributed by atoms with van der Waals surface area (Å²) in [6.45, 7) is 21.7. The molecule has 10 heteroatoms. The average Bonchev–Trinajstić information content (AvgIpc) is 3.60. The Morgan fingerprint density at radius 2 is 1.54 bits per heavy atom. The van der Waals surface area contributed by atoms with Crippen molar-refractivity contribution in [1.82, 2.24) is 24.9 Å². The summed E-state index contributed by atoms with van der Waals surface area (Å²) in [5.74, 6) is -1.02. The molecule has 0 spiro atoms. The highest BCUT2D eigenvalue weighted by molar-refractivity contribution is 5.96. The molecule has 3 rings (SSSR count). The van der Waals surface area contributed by atoms with E-state index in [1.165, 1.54) is 0 Å². The molecule has 0 bridgehead atoms. The van der Waals surface area contributed by atoms with Crippen LogP contribution in [0.4, 0.5) is 0 Å². The minimum absolute atomic E-state index is 0.00367. The number of likely N-dealkylation sites (N-methyl/N-ethyl adjacent to an activating group) is 2. The van der Waals surface area contributed by atoms with Gasteiger partial charge in [-0.25, -0.2) is 4.79 Å². The molecule has 2 fully saturated rings. The number of carbonyl (C=O) groups is 4. The number of piperidine rings is 1. The van der Waals surface area contributed by atoms with E-state index in [0.717, 1.165) is 44.5 Å². The first-order chi connectivity index (χ1) is 23.7. The fraction of sp³-hybridized carbons (Fsp3) is 0.700. The summed E-state index contributed by atoms with van der Waals surface area (Å²) in [5.41, 5.74) is 1.41. The van der Waals surface area contributed by atoms with Gasteiger partial charge in [0, 0.05) is 31.8 Å². The van der Waals surface area contributed by atoms with Crippen molar-refractivity contribution < 1.29 is 23.9 Å². The molecule has 3 amide bonds. The second-order valence-corrected chi connectivity index (χ2v) is 15.1. The molecule has 3 unspecified atom stereocenters. The monoisotopic (exact) mass is 695 g/mol. The molecule has 0 aromatic heterocycles. The molecule has 50 heavy (non-hydrogen) atoms. The summed E-state index contributed by atoms with van der Waals surface area (Å²) in [5, 5.41) is 3.11. The lowest BCUT2D eigenvalue weighted by Gasteiger charge is -2.39. The molecule has 0 saturated carbocycles. The number of hydrogen-bond acceptors (Lipinski definition) is 7. The van der Waals surface area contributed by atoms with Crippen LogP contribution < -0.4 is 5.32 Å². The van der Waals surface area contributed by atoms with Gasteiger partial charge >= 0.3 is 5.97 Å². The van der Waals surface area contributed by atoms with Crippen LogP contribution >= 0.6 is 0 Å². The zero-order chi connectivity index (χ0) is 37.1. The maximum Gasteiger partial charge on any atom is 0.329 e. The van der Waals surface area contributed by atoms with Gasteiger partial charge in [0.15, 0.2) is 0 Å². The Morgan fingerprint density at radius 1 is 0.900 bits per heavy atom. The second kappa shape index (κ2) is 19.4. The van der Waals surface area contributed by atoms with Gasteiger partial charge < -0.3 is 19.9 Å². The van der Waals surface area contributed by atoms with Gasteiger partial charge in [-0.2, -0.15) is 0 Å². The summed E-state index contributed by atoms with van der Waals surface area (Å²) in [4.78, 5) is 63.1. The van der Waals surface area contributed by atoms with Crippen LogP contribution in [-0.2, 0) is 23.9 Å². The zero-order valence-corrected chi connectivity index (χ0v) is 32.5. The fourth-order valence-electron chi connectivity index (χ4n) is 7.36. The Hall–Kier alpha value is -3.24. The third kappa shape index (κ3) is 10.6. The number of nitrogens with one attached hydrogen (secondary N) is 1. The van der Waals surface area contributed by atoms with Crippen molar-refractivity contribution in [3.8, 4) is 0 Å². The normalized spacial score (nSPS) is 20.7. The number of likely N-dealkylation sites (tertiary alicyclic amines) is 2. The standard InChI is InChI=1S/C40H65N5O5/c1-11-43(12-2)26-35(31-19-14-13-15-20-31)50-40(49)33-22-18-24-45(33)38(47)30(9)25-34(27(3)4)42(10)39(48)36(28(5)6)41-37(46)32-21-16-17-23-44(32)29(7)8/h13-15,19-20,25,27-29,32-36H,11-12,16-18,21-24,26H2,1-10H3,(H,41,46)/b30-25+/t32?,33-,34+,35?,36?/m0/s1. The molecule has 5 atom stereocenters. The number of carbonyl (C=O) groups excluding carboxylic acids is 4. The first kappa shape index (κ1) is 41.2. The van der Waals surface area contributed by atoms with Gasteiger partial charge in [-0.3, -0.25) is 24.2 Å². The number of esters is 1. The lowest BCUT2D eigenvalue weighted by atomic mass is 9.95.